The van der Waals surface area contributed by atoms with E-state index in [2.05, 4.69) is 49.1 Å². The second-order valence-electron chi connectivity index (χ2n) is 10.0. The summed E-state index contributed by atoms with van der Waals surface area (Å²) in [6.07, 6.45) is -1.35. The predicted molar refractivity (Wildman–Crippen MR) is 168 cm³/mol. The third-order valence-corrected chi connectivity index (χ3v) is 8.17. The number of para-hydroxylation sites is 1. The summed E-state index contributed by atoms with van der Waals surface area (Å²) in [5.41, 5.74) is 6.08. The molecule has 1 N–H and O–H groups in total. The number of nitrogens with zero attached hydrogens (tertiary/aromatic N) is 5. The molecular formula is C32H31F3N6O2S. The summed E-state index contributed by atoms with van der Waals surface area (Å²) in [7, 11) is 0. The van der Waals surface area contributed by atoms with Gasteiger partial charge in [-0.2, -0.15) is 4.99 Å². The molecule has 0 spiro atoms. The molecule has 0 unspecified atom stereocenters. The number of hydrogen-bond donors (Lipinski definition) is 1. The van der Waals surface area contributed by atoms with Crippen molar-refractivity contribution in [1.29, 1.82) is 0 Å². The van der Waals surface area contributed by atoms with Gasteiger partial charge in [-0.3, -0.25) is 0 Å². The molecule has 2 amide bonds. The number of aliphatic imine (C=N–C) groups is 1. The quantitative estimate of drug-likeness (QED) is 0.227. The highest BCUT2D eigenvalue weighted by molar-refractivity contribution is 8.14. The summed E-state index contributed by atoms with van der Waals surface area (Å²) < 4.78 is 42.7. The fourth-order valence-electron chi connectivity index (χ4n) is 4.72. The zero-order chi connectivity index (χ0) is 31.3. The highest BCUT2D eigenvalue weighted by atomic mass is 32.2. The van der Waals surface area contributed by atoms with Crippen LogP contribution in [0.2, 0.25) is 0 Å². The van der Waals surface area contributed by atoms with Crippen LogP contribution < -0.4 is 15.0 Å². The van der Waals surface area contributed by atoms with Crippen LogP contribution in [0, 0.1) is 0 Å². The minimum atomic E-state index is -4.75. The van der Waals surface area contributed by atoms with Gasteiger partial charge in [0.1, 0.15) is 12.1 Å². The first-order valence-corrected chi connectivity index (χ1v) is 15.0. The van der Waals surface area contributed by atoms with Crippen LogP contribution in [-0.2, 0) is 6.42 Å². The summed E-state index contributed by atoms with van der Waals surface area (Å²) in [5.74, 6) is 1.05. The van der Waals surface area contributed by atoms with Crippen LogP contribution in [0.3, 0.4) is 0 Å². The molecule has 4 aromatic rings. The van der Waals surface area contributed by atoms with Gasteiger partial charge < -0.3 is 15.0 Å². The molecule has 8 nitrogen and oxygen atoms in total. The third kappa shape index (κ3) is 7.49. The maximum atomic E-state index is 13.0. The average Bonchev–Trinajstić information content (AvgIpc) is 3.51. The number of alkyl halides is 3. The number of anilines is 1. The number of ether oxygens (including phenoxy) is 1. The van der Waals surface area contributed by atoms with E-state index in [9.17, 15) is 18.0 Å². The molecule has 12 heteroatoms. The topological polar surface area (TPSA) is 84.6 Å². The second kappa shape index (κ2) is 13.4. The lowest BCUT2D eigenvalue weighted by molar-refractivity contribution is -0.274. The van der Waals surface area contributed by atoms with E-state index in [0.29, 0.717) is 22.4 Å². The number of hydrogen-bond acceptors (Lipinski definition) is 5. The Morgan fingerprint density at radius 3 is 2.48 bits per heavy atom. The van der Waals surface area contributed by atoms with Crippen molar-refractivity contribution in [2.75, 3.05) is 17.2 Å². The normalized spacial score (nSPS) is 15.2. The fraction of sp³-hybridized carbons (Fsp3) is 0.250. The molecule has 5 rings (SSSR count). The first kappa shape index (κ1) is 30.9. The summed E-state index contributed by atoms with van der Waals surface area (Å²) in [4.78, 5) is 23.9. The Bertz CT molecular complexity index is 1680. The van der Waals surface area contributed by atoms with Gasteiger partial charge in [0.2, 0.25) is 0 Å². The lowest BCUT2D eigenvalue weighted by Crippen LogP contribution is -2.36. The number of rotatable bonds is 7. The average molecular weight is 621 g/mol. The molecule has 2 heterocycles. The molecule has 0 saturated carbocycles. The zero-order valence-corrected chi connectivity index (χ0v) is 25.2. The molecule has 0 atom stereocenters. The molecular weight excluding hydrogens is 589 g/mol. The fourth-order valence-corrected chi connectivity index (χ4v) is 5.67. The number of carbonyl (C=O) groups excluding carboxylic acids is 1. The first-order valence-electron chi connectivity index (χ1n) is 14.1. The van der Waals surface area contributed by atoms with Crippen LogP contribution in [0.1, 0.15) is 38.3 Å². The van der Waals surface area contributed by atoms with E-state index in [0.717, 1.165) is 47.5 Å². The molecule has 1 aromatic heterocycles. The molecule has 0 aliphatic carbocycles. The van der Waals surface area contributed by atoms with Crippen molar-refractivity contribution in [3.63, 3.8) is 0 Å². The lowest BCUT2D eigenvalue weighted by Gasteiger charge is -2.31. The van der Waals surface area contributed by atoms with Gasteiger partial charge in [-0.25, -0.2) is 14.5 Å². The molecule has 1 aliphatic heterocycles. The number of nitrogens with one attached hydrogen (secondary N) is 1. The molecule has 0 bridgehead atoms. The maximum Gasteiger partial charge on any atom is 0.573 e. The van der Waals surface area contributed by atoms with Crippen molar-refractivity contribution in [1.82, 2.24) is 20.1 Å². The van der Waals surface area contributed by atoms with Crippen LogP contribution in [0.15, 0.2) is 89.8 Å². The van der Waals surface area contributed by atoms with E-state index in [1.54, 1.807) is 11.8 Å². The van der Waals surface area contributed by atoms with Gasteiger partial charge in [0.15, 0.2) is 11.0 Å². The maximum absolute atomic E-state index is 13.0. The van der Waals surface area contributed by atoms with E-state index < -0.39 is 12.4 Å². The largest absolute Gasteiger partial charge is 0.573 e. The van der Waals surface area contributed by atoms with Crippen molar-refractivity contribution < 1.29 is 22.7 Å². The standard InChI is InChI=1S/C32H31F3N6O2S/c1-4-23-8-5-6-9-28(23)40-18-7-19-44-31(40)38-30(42)37-22(3)21(2)24-10-12-25(13-11-24)29-36-20-41(39-29)26-14-16-27(17-15-26)43-32(33,34)35/h5-6,8-17,20H,4,7,18-19H2,1-3H3,(H,37,42)/b22-21+,38-31-. The van der Waals surface area contributed by atoms with Crippen molar-refractivity contribution >= 4 is 34.2 Å². The number of amides is 2. The van der Waals surface area contributed by atoms with Crippen LogP contribution in [0.4, 0.5) is 23.7 Å². The summed E-state index contributed by atoms with van der Waals surface area (Å²) in [5, 5.41) is 8.07. The summed E-state index contributed by atoms with van der Waals surface area (Å²) in [6.45, 7) is 6.70. The Morgan fingerprint density at radius 1 is 1.05 bits per heavy atom. The van der Waals surface area contributed by atoms with E-state index in [1.165, 1.54) is 40.8 Å². The van der Waals surface area contributed by atoms with Crippen molar-refractivity contribution in [3.8, 4) is 22.8 Å². The van der Waals surface area contributed by atoms with Crippen LogP contribution >= 0.6 is 11.8 Å². The number of urea groups is 1. The number of thioether (sulfide) groups is 1. The number of benzene rings is 3. The van der Waals surface area contributed by atoms with Crippen LogP contribution in [0.5, 0.6) is 5.75 Å². The number of allylic oxidation sites excluding steroid dienone is 2. The monoisotopic (exact) mass is 620 g/mol. The highest BCUT2D eigenvalue weighted by Crippen LogP contribution is 2.29. The van der Waals surface area contributed by atoms with Crippen molar-refractivity contribution in [2.24, 2.45) is 4.99 Å². The Hall–Kier alpha value is -4.58. The van der Waals surface area contributed by atoms with Gasteiger partial charge >= 0.3 is 12.4 Å². The van der Waals surface area contributed by atoms with E-state index in [-0.39, 0.29) is 5.75 Å². The third-order valence-electron chi connectivity index (χ3n) is 7.11. The molecule has 228 valence electrons. The molecule has 0 radical (unpaired) electrons. The van der Waals surface area contributed by atoms with Gasteiger partial charge in [-0.15, -0.1) is 18.3 Å². The van der Waals surface area contributed by atoms with Gasteiger partial charge in [0.25, 0.3) is 0 Å². The van der Waals surface area contributed by atoms with Crippen LogP contribution in [0.25, 0.3) is 22.6 Å². The van der Waals surface area contributed by atoms with E-state index in [1.807, 2.05) is 50.2 Å². The molecule has 1 aliphatic rings. The highest BCUT2D eigenvalue weighted by Gasteiger charge is 2.31. The van der Waals surface area contributed by atoms with Gasteiger partial charge in [-0.05, 0) is 73.7 Å². The number of amidine groups is 1. The minimum Gasteiger partial charge on any atom is -0.406 e. The van der Waals surface area contributed by atoms with Gasteiger partial charge in [-0.1, -0.05) is 61.2 Å². The van der Waals surface area contributed by atoms with Crippen molar-refractivity contribution in [2.45, 2.75) is 40.0 Å². The SMILES string of the molecule is CCc1ccccc1N1CCCS/C1=N\C(=O)N/C(C)=C(\C)c1ccc(-c2ncn(-c3ccc(OC(F)(F)F)cc3)n2)cc1. The molecule has 3 aromatic carbocycles. The summed E-state index contributed by atoms with van der Waals surface area (Å²) in [6, 6.07) is 20.7. The zero-order valence-electron chi connectivity index (χ0n) is 24.4. The van der Waals surface area contributed by atoms with Crippen LogP contribution in [-0.4, -0.2) is 44.6 Å². The molecule has 44 heavy (non-hydrogen) atoms. The number of halogens is 3. The second-order valence-corrected chi connectivity index (χ2v) is 11.1. The van der Waals surface area contributed by atoms with E-state index in [4.69, 9.17) is 0 Å². The first-order chi connectivity index (χ1) is 21.1. The van der Waals surface area contributed by atoms with Gasteiger partial charge in [0, 0.05) is 29.2 Å². The van der Waals surface area contributed by atoms with E-state index >= 15 is 0 Å². The lowest BCUT2D eigenvalue weighted by atomic mass is 10.0. The smallest absolute Gasteiger partial charge is 0.406 e. The molecule has 1 fully saturated rings. The predicted octanol–water partition coefficient (Wildman–Crippen LogP) is 7.86. The Kier molecular flexibility index (Phi) is 9.38. The Balaban J connectivity index is 1.26. The van der Waals surface area contributed by atoms with Crippen molar-refractivity contribution in [3.05, 3.63) is 95.9 Å². The number of aryl methyl sites for hydroxylation is 1. The molecule has 1 saturated heterocycles. The van der Waals surface area contributed by atoms with Gasteiger partial charge in [0.05, 0.1) is 5.69 Å². The Labute approximate surface area is 257 Å². The Morgan fingerprint density at radius 2 is 1.77 bits per heavy atom. The summed E-state index contributed by atoms with van der Waals surface area (Å²) >= 11 is 1.59. The minimum absolute atomic E-state index is 0.313. The number of carbonyl (C=O) groups is 1. The number of aromatic nitrogens is 3.